The summed E-state index contributed by atoms with van der Waals surface area (Å²) in [5.74, 6) is 2.68. The zero-order chi connectivity index (χ0) is 18.4. The molecule has 0 aliphatic carbocycles. The number of benzene rings is 1. The maximum atomic E-state index is 4.61. The molecule has 0 unspecified atom stereocenters. The third-order valence-corrected chi connectivity index (χ3v) is 4.22. The highest BCUT2D eigenvalue weighted by molar-refractivity contribution is 5.79. The summed E-state index contributed by atoms with van der Waals surface area (Å²) in [6, 6.07) is 8.26. The number of imidazole rings is 1. The first-order chi connectivity index (χ1) is 12.7. The molecular formula is C18H26N8. The van der Waals surface area contributed by atoms with Crippen molar-refractivity contribution in [1.82, 2.24) is 34.9 Å². The van der Waals surface area contributed by atoms with E-state index in [4.69, 9.17) is 0 Å². The van der Waals surface area contributed by atoms with Gasteiger partial charge in [0.15, 0.2) is 11.8 Å². The summed E-state index contributed by atoms with van der Waals surface area (Å²) in [4.78, 5) is 9.18. The van der Waals surface area contributed by atoms with E-state index in [1.165, 1.54) is 5.52 Å². The van der Waals surface area contributed by atoms with Crippen molar-refractivity contribution in [3.05, 3.63) is 42.2 Å². The topological polar surface area (TPSA) is 85.0 Å². The fraction of sp³-hybridized carbons (Fsp3) is 0.444. The number of nitrogens with zero attached hydrogens (tertiary/aromatic N) is 6. The van der Waals surface area contributed by atoms with Crippen LogP contribution >= 0.6 is 0 Å². The largest absolute Gasteiger partial charge is 0.357 e. The normalized spacial score (nSPS) is 11.9. The van der Waals surface area contributed by atoms with Gasteiger partial charge in [0.1, 0.15) is 18.7 Å². The van der Waals surface area contributed by atoms with Crippen LogP contribution in [-0.2, 0) is 20.1 Å². The molecule has 0 bridgehead atoms. The van der Waals surface area contributed by atoms with Crippen LogP contribution in [0, 0.1) is 6.92 Å². The molecule has 0 saturated carbocycles. The van der Waals surface area contributed by atoms with Gasteiger partial charge in [-0.2, -0.15) is 0 Å². The lowest BCUT2D eigenvalue weighted by Crippen LogP contribution is -2.38. The molecule has 0 amide bonds. The number of para-hydroxylation sites is 2. The van der Waals surface area contributed by atoms with Gasteiger partial charge < -0.3 is 19.8 Å². The van der Waals surface area contributed by atoms with Gasteiger partial charge in [-0.15, -0.1) is 10.2 Å². The zero-order valence-corrected chi connectivity index (χ0v) is 15.6. The van der Waals surface area contributed by atoms with E-state index in [0.717, 1.165) is 49.2 Å². The van der Waals surface area contributed by atoms with Crippen LogP contribution in [-0.4, -0.2) is 43.4 Å². The second kappa shape index (κ2) is 8.46. The van der Waals surface area contributed by atoms with Crippen LogP contribution in [0.4, 0.5) is 0 Å². The molecule has 1 aromatic carbocycles. The molecule has 0 spiro atoms. The van der Waals surface area contributed by atoms with Gasteiger partial charge in [-0.05, 0) is 32.4 Å². The van der Waals surface area contributed by atoms with Gasteiger partial charge in [-0.25, -0.2) is 9.98 Å². The standard InChI is InChI=1S/C18H26N8/c1-4-19-18(21-12-17-24-22-13-25(17)3)20-10-7-11-26-14(2)23-15-8-5-6-9-16(15)26/h5-6,8-9,13H,4,7,10-12H2,1-3H3,(H2,19,20,21). The molecule has 0 atom stereocenters. The van der Waals surface area contributed by atoms with E-state index in [-0.39, 0.29) is 0 Å². The molecule has 2 heterocycles. The van der Waals surface area contributed by atoms with Crippen molar-refractivity contribution in [1.29, 1.82) is 0 Å². The summed E-state index contributed by atoms with van der Waals surface area (Å²) >= 11 is 0. The maximum absolute atomic E-state index is 4.61. The summed E-state index contributed by atoms with van der Waals surface area (Å²) in [5, 5.41) is 14.6. The Morgan fingerprint density at radius 1 is 1.23 bits per heavy atom. The average Bonchev–Trinajstić information content (AvgIpc) is 3.19. The number of aliphatic imine (C=N–C) groups is 1. The number of guanidine groups is 1. The van der Waals surface area contributed by atoms with E-state index < -0.39 is 0 Å². The predicted molar refractivity (Wildman–Crippen MR) is 103 cm³/mol. The first kappa shape index (κ1) is 17.9. The second-order valence-electron chi connectivity index (χ2n) is 6.13. The first-order valence-corrected chi connectivity index (χ1v) is 8.96. The van der Waals surface area contributed by atoms with Crippen molar-refractivity contribution in [3.63, 3.8) is 0 Å². The van der Waals surface area contributed by atoms with Gasteiger partial charge in [0.2, 0.25) is 0 Å². The van der Waals surface area contributed by atoms with Crippen molar-refractivity contribution < 1.29 is 0 Å². The van der Waals surface area contributed by atoms with Crippen LogP contribution < -0.4 is 10.6 Å². The third kappa shape index (κ3) is 4.19. The number of nitrogens with one attached hydrogen (secondary N) is 2. The van der Waals surface area contributed by atoms with E-state index in [0.29, 0.717) is 6.54 Å². The number of hydrogen-bond donors (Lipinski definition) is 2. The number of rotatable bonds is 7. The fourth-order valence-electron chi connectivity index (χ4n) is 2.86. The minimum atomic E-state index is 0.497. The Labute approximate surface area is 153 Å². The minimum Gasteiger partial charge on any atom is -0.357 e. The molecule has 0 fully saturated rings. The first-order valence-electron chi connectivity index (χ1n) is 8.96. The number of aromatic nitrogens is 5. The maximum Gasteiger partial charge on any atom is 0.191 e. The summed E-state index contributed by atoms with van der Waals surface area (Å²) in [6.45, 7) is 7.17. The van der Waals surface area contributed by atoms with Crippen molar-refractivity contribution in [2.45, 2.75) is 33.4 Å². The summed E-state index contributed by atoms with van der Waals surface area (Å²) in [7, 11) is 1.92. The lowest BCUT2D eigenvalue weighted by molar-refractivity contribution is 0.624. The Balaban J connectivity index is 1.54. The lowest BCUT2D eigenvalue weighted by atomic mass is 10.3. The molecule has 138 valence electrons. The summed E-state index contributed by atoms with van der Waals surface area (Å²) < 4.78 is 4.14. The second-order valence-corrected chi connectivity index (χ2v) is 6.13. The molecule has 2 N–H and O–H groups in total. The molecule has 0 saturated heterocycles. The molecule has 2 aromatic heterocycles. The average molecular weight is 354 g/mol. The lowest BCUT2D eigenvalue weighted by Gasteiger charge is -2.12. The van der Waals surface area contributed by atoms with Crippen LogP contribution in [0.2, 0.25) is 0 Å². The van der Waals surface area contributed by atoms with Crippen LogP contribution in [0.25, 0.3) is 11.0 Å². The van der Waals surface area contributed by atoms with Gasteiger partial charge in [0, 0.05) is 26.7 Å². The molecular weight excluding hydrogens is 328 g/mol. The van der Waals surface area contributed by atoms with Crippen molar-refractivity contribution >= 4 is 17.0 Å². The van der Waals surface area contributed by atoms with Gasteiger partial charge >= 0.3 is 0 Å². The van der Waals surface area contributed by atoms with Crippen LogP contribution in [0.3, 0.4) is 0 Å². The van der Waals surface area contributed by atoms with Crippen molar-refractivity contribution in [2.24, 2.45) is 12.0 Å². The highest BCUT2D eigenvalue weighted by Crippen LogP contribution is 2.15. The van der Waals surface area contributed by atoms with Crippen molar-refractivity contribution in [3.8, 4) is 0 Å². The van der Waals surface area contributed by atoms with E-state index in [9.17, 15) is 0 Å². The quantitative estimate of drug-likeness (QED) is 0.383. The highest BCUT2D eigenvalue weighted by atomic mass is 15.3. The van der Waals surface area contributed by atoms with Crippen molar-refractivity contribution in [2.75, 3.05) is 13.1 Å². The Hall–Kier alpha value is -2.90. The smallest absolute Gasteiger partial charge is 0.191 e. The monoisotopic (exact) mass is 354 g/mol. The van der Waals surface area contributed by atoms with Crippen LogP contribution in [0.1, 0.15) is 25.0 Å². The van der Waals surface area contributed by atoms with E-state index >= 15 is 0 Å². The molecule has 0 aliphatic heterocycles. The van der Waals surface area contributed by atoms with Gasteiger partial charge in [-0.3, -0.25) is 0 Å². The SMILES string of the molecule is CCNC(=NCc1nncn1C)NCCCn1c(C)nc2ccccc21. The predicted octanol–water partition coefficient (Wildman–Crippen LogP) is 1.62. The highest BCUT2D eigenvalue weighted by Gasteiger charge is 2.06. The zero-order valence-electron chi connectivity index (χ0n) is 15.6. The molecule has 3 rings (SSSR count). The fourth-order valence-corrected chi connectivity index (χ4v) is 2.86. The molecule has 0 radical (unpaired) electrons. The molecule has 3 aromatic rings. The van der Waals surface area contributed by atoms with Gasteiger partial charge in [-0.1, -0.05) is 12.1 Å². The van der Waals surface area contributed by atoms with Crippen LogP contribution in [0.15, 0.2) is 35.6 Å². The Kier molecular flexibility index (Phi) is 5.83. The number of fused-ring (bicyclic) bond motifs is 1. The van der Waals surface area contributed by atoms with Crippen LogP contribution in [0.5, 0.6) is 0 Å². The molecule has 26 heavy (non-hydrogen) atoms. The van der Waals surface area contributed by atoms with E-state index in [2.05, 4.69) is 67.4 Å². The molecule has 8 heteroatoms. The Morgan fingerprint density at radius 3 is 2.85 bits per heavy atom. The number of hydrogen-bond acceptors (Lipinski definition) is 4. The molecule has 8 nitrogen and oxygen atoms in total. The van der Waals surface area contributed by atoms with E-state index in [1.807, 2.05) is 17.7 Å². The summed E-state index contributed by atoms with van der Waals surface area (Å²) in [5.41, 5.74) is 2.24. The minimum absolute atomic E-state index is 0.497. The molecule has 0 aliphatic rings. The van der Waals surface area contributed by atoms with E-state index in [1.54, 1.807) is 6.33 Å². The number of aryl methyl sites for hydroxylation is 3. The summed E-state index contributed by atoms with van der Waals surface area (Å²) in [6.07, 6.45) is 2.67. The Morgan fingerprint density at radius 2 is 2.08 bits per heavy atom. The Bertz CT molecular complexity index is 876. The van der Waals surface area contributed by atoms with Gasteiger partial charge in [0.05, 0.1) is 11.0 Å². The van der Waals surface area contributed by atoms with Gasteiger partial charge in [0.25, 0.3) is 0 Å². The third-order valence-electron chi connectivity index (χ3n) is 4.22.